The third kappa shape index (κ3) is 1.57. The number of aliphatic hydroxyl groups is 1. The number of hydrogen-bond donors (Lipinski definition) is 1. The first-order chi connectivity index (χ1) is 6.83. The van der Waals surface area contributed by atoms with Gasteiger partial charge in [0, 0.05) is 18.9 Å². The molecule has 1 aromatic rings. The first kappa shape index (κ1) is 9.40. The van der Waals surface area contributed by atoms with Crippen LogP contribution in [0.3, 0.4) is 0 Å². The minimum absolute atomic E-state index is 0.192. The number of aliphatic hydroxyl groups excluding tert-OH is 1. The topological polar surface area (TPSA) is 49.2 Å². The average Bonchev–Trinajstić information content (AvgIpc) is 2.61. The van der Waals surface area contributed by atoms with Crippen molar-refractivity contribution in [3.8, 4) is 0 Å². The lowest BCUT2D eigenvalue weighted by molar-refractivity contribution is 0.244. The zero-order valence-corrected chi connectivity index (χ0v) is 8.30. The van der Waals surface area contributed by atoms with Gasteiger partial charge in [0.1, 0.15) is 5.82 Å². The summed E-state index contributed by atoms with van der Waals surface area (Å²) < 4.78 is 0. The Balaban J connectivity index is 2.19. The fourth-order valence-electron chi connectivity index (χ4n) is 2.01. The van der Waals surface area contributed by atoms with Crippen molar-refractivity contribution >= 4 is 5.82 Å². The molecule has 1 aliphatic rings. The Labute approximate surface area is 83.6 Å². The Morgan fingerprint density at radius 1 is 1.57 bits per heavy atom. The van der Waals surface area contributed by atoms with Crippen molar-refractivity contribution in [2.24, 2.45) is 5.92 Å². The van der Waals surface area contributed by atoms with Crippen LogP contribution >= 0.6 is 0 Å². The van der Waals surface area contributed by atoms with E-state index in [0.717, 1.165) is 18.8 Å². The maximum absolute atomic E-state index is 9.28. The van der Waals surface area contributed by atoms with Crippen LogP contribution in [0.1, 0.15) is 13.3 Å². The van der Waals surface area contributed by atoms with Crippen molar-refractivity contribution in [2.45, 2.75) is 19.4 Å². The minimum Gasteiger partial charge on any atom is -0.394 e. The van der Waals surface area contributed by atoms with Gasteiger partial charge in [0.05, 0.1) is 18.8 Å². The SMILES string of the molecule is CC1CCN(c2cnccn2)C1CO. The standard InChI is InChI=1S/C10H15N3O/c1-8-2-5-13(9(8)7-14)10-6-11-3-4-12-10/h3-4,6,8-9,14H,2,5,7H2,1H3. The maximum Gasteiger partial charge on any atom is 0.147 e. The van der Waals surface area contributed by atoms with Gasteiger partial charge in [-0.2, -0.15) is 0 Å². The predicted molar refractivity (Wildman–Crippen MR) is 54.0 cm³/mol. The summed E-state index contributed by atoms with van der Waals surface area (Å²) in [4.78, 5) is 10.4. The van der Waals surface area contributed by atoms with Crippen molar-refractivity contribution < 1.29 is 5.11 Å². The molecule has 4 nitrogen and oxygen atoms in total. The van der Waals surface area contributed by atoms with E-state index in [1.807, 2.05) is 0 Å². The molecular weight excluding hydrogens is 178 g/mol. The summed E-state index contributed by atoms with van der Waals surface area (Å²) in [5.41, 5.74) is 0. The second kappa shape index (κ2) is 3.92. The molecule has 2 heterocycles. The van der Waals surface area contributed by atoms with Gasteiger partial charge in [-0.05, 0) is 12.3 Å². The highest BCUT2D eigenvalue weighted by molar-refractivity contribution is 5.38. The molecule has 1 saturated heterocycles. The van der Waals surface area contributed by atoms with Gasteiger partial charge in [-0.3, -0.25) is 4.98 Å². The zero-order chi connectivity index (χ0) is 9.97. The summed E-state index contributed by atoms with van der Waals surface area (Å²) in [5.74, 6) is 1.40. The van der Waals surface area contributed by atoms with Crippen molar-refractivity contribution in [1.29, 1.82) is 0 Å². The fraction of sp³-hybridized carbons (Fsp3) is 0.600. The van der Waals surface area contributed by atoms with E-state index in [4.69, 9.17) is 0 Å². The van der Waals surface area contributed by atoms with Crippen molar-refractivity contribution in [3.63, 3.8) is 0 Å². The van der Waals surface area contributed by atoms with Crippen LogP contribution in [0, 0.1) is 5.92 Å². The molecule has 1 aromatic heterocycles. The molecule has 4 heteroatoms. The maximum atomic E-state index is 9.28. The summed E-state index contributed by atoms with van der Waals surface area (Å²) in [6.07, 6.45) is 6.21. The largest absolute Gasteiger partial charge is 0.394 e. The van der Waals surface area contributed by atoms with Crippen molar-refractivity contribution in [3.05, 3.63) is 18.6 Å². The number of rotatable bonds is 2. The van der Waals surface area contributed by atoms with E-state index in [1.54, 1.807) is 18.6 Å². The molecule has 2 atom stereocenters. The molecule has 2 unspecified atom stereocenters. The van der Waals surface area contributed by atoms with Gasteiger partial charge >= 0.3 is 0 Å². The average molecular weight is 193 g/mol. The van der Waals surface area contributed by atoms with Crippen LogP contribution in [0.25, 0.3) is 0 Å². The first-order valence-electron chi connectivity index (χ1n) is 4.96. The van der Waals surface area contributed by atoms with Crippen LogP contribution in [0.2, 0.25) is 0 Å². The van der Waals surface area contributed by atoms with Crippen LogP contribution in [0.4, 0.5) is 5.82 Å². The first-order valence-corrected chi connectivity index (χ1v) is 4.96. The van der Waals surface area contributed by atoms with E-state index in [2.05, 4.69) is 21.8 Å². The summed E-state index contributed by atoms with van der Waals surface area (Å²) in [6.45, 7) is 3.32. The minimum atomic E-state index is 0.192. The number of hydrogen-bond acceptors (Lipinski definition) is 4. The Morgan fingerprint density at radius 2 is 2.43 bits per heavy atom. The van der Waals surface area contributed by atoms with Crippen LogP contribution in [0.5, 0.6) is 0 Å². The Bertz CT molecular complexity index is 291. The lowest BCUT2D eigenvalue weighted by Crippen LogP contribution is -2.35. The highest BCUT2D eigenvalue weighted by Crippen LogP contribution is 2.27. The number of anilines is 1. The third-order valence-corrected chi connectivity index (χ3v) is 2.91. The smallest absolute Gasteiger partial charge is 0.147 e. The second-order valence-corrected chi connectivity index (χ2v) is 3.77. The van der Waals surface area contributed by atoms with E-state index >= 15 is 0 Å². The molecule has 0 radical (unpaired) electrons. The Hall–Kier alpha value is -1.16. The van der Waals surface area contributed by atoms with E-state index in [9.17, 15) is 5.11 Å². The lowest BCUT2D eigenvalue weighted by atomic mass is 10.0. The van der Waals surface area contributed by atoms with Gasteiger partial charge in [0.15, 0.2) is 0 Å². The Kier molecular flexibility index (Phi) is 2.63. The quantitative estimate of drug-likeness (QED) is 0.750. The van der Waals surface area contributed by atoms with E-state index in [-0.39, 0.29) is 12.6 Å². The normalized spacial score (nSPS) is 26.9. The predicted octanol–water partition coefficient (Wildman–Crippen LogP) is 0.684. The van der Waals surface area contributed by atoms with Gasteiger partial charge in [-0.25, -0.2) is 4.98 Å². The molecule has 0 amide bonds. The number of aromatic nitrogens is 2. The molecule has 1 aliphatic heterocycles. The monoisotopic (exact) mass is 193 g/mol. The van der Waals surface area contributed by atoms with Crippen LogP contribution in [0.15, 0.2) is 18.6 Å². The summed E-state index contributed by atoms with van der Waals surface area (Å²) in [6, 6.07) is 0.201. The van der Waals surface area contributed by atoms with E-state index < -0.39 is 0 Å². The molecule has 0 saturated carbocycles. The van der Waals surface area contributed by atoms with Gasteiger partial charge < -0.3 is 10.0 Å². The molecule has 2 rings (SSSR count). The molecule has 0 aromatic carbocycles. The highest BCUT2D eigenvalue weighted by atomic mass is 16.3. The molecule has 0 bridgehead atoms. The third-order valence-electron chi connectivity index (χ3n) is 2.91. The van der Waals surface area contributed by atoms with Crippen LogP contribution in [-0.2, 0) is 0 Å². The fourth-order valence-corrected chi connectivity index (χ4v) is 2.01. The number of nitrogens with zero attached hydrogens (tertiary/aromatic N) is 3. The van der Waals surface area contributed by atoms with Gasteiger partial charge in [-0.15, -0.1) is 0 Å². The molecule has 76 valence electrons. The van der Waals surface area contributed by atoms with Crippen LogP contribution in [-0.4, -0.2) is 34.3 Å². The summed E-state index contributed by atoms with van der Waals surface area (Å²) >= 11 is 0. The van der Waals surface area contributed by atoms with E-state index in [1.165, 1.54) is 0 Å². The zero-order valence-electron chi connectivity index (χ0n) is 8.30. The van der Waals surface area contributed by atoms with Crippen molar-refractivity contribution in [1.82, 2.24) is 9.97 Å². The molecule has 1 N–H and O–H groups in total. The molecule has 0 spiro atoms. The van der Waals surface area contributed by atoms with Crippen LogP contribution < -0.4 is 4.90 Å². The molecule has 1 fully saturated rings. The molecule has 0 aliphatic carbocycles. The van der Waals surface area contributed by atoms with E-state index in [0.29, 0.717) is 5.92 Å². The van der Waals surface area contributed by atoms with Gasteiger partial charge in [-0.1, -0.05) is 6.92 Å². The van der Waals surface area contributed by atoms with Gasteiger partial charge in [0.2, 0.25) is 0 Å². The van der Waals surface area contributed by atoms with Gasteiger partial charge in [0.25, 0.3) is 0 Å². The summed E-state index contributed by atoms with van der Waals surface area (Å²) in [5, 5.41) is 9.28. The summed E-state index contributed by atoms with van der Waals surface area (Å²) in [7, 11) is 0. The molecule has 14 heavy (non-hydrogen) atoms. The highest BCUT2D eigenvalue weighted by Gasteiger charge is 2.31. The second-order valence-electron chi connectivity index (χ2n) is 3.77. The Morgan fingerprint density at radius 3 is 3.07 bits per heavy atom. The van der Waals surface area contributed by atoms with Crippen molar-refractivity contribution in [2.75, 3.05) is 18.1 Å². The lowest BCUT2D eigenvalue weighted by Gasteiger charge is -2.25. The molecular formula is C10H15N3O.